The maximum atomic E-state index is 11.7. The molecule has 0 aliphatic carbocycles. The Morgan fingerprint density at radius 1 is 1.41 bits per heavy atom. The molecule has 0 spiro atoms. The fourth-order valence-electron chi connectivity index (χ4n) is 1.11. The van der Waals surface area contributed by atoms with Gasteiger partial charge in [0.15, 0.2) is 0 Å². The molecule has 0 aliphatic heterocycles. The lowest BCUT2D eigenvalue weighted by Gasteiger charge is -1.98. The smallest absolute Gasteiger partial charge is 0.282 e. The number of rotatable bonds is 4. The molecular formula is C9H9ClN4OS2. The summed E-state index contributed by atoms with van der Waals surface area (Å²) < 4.78 is 0.711. The van der Waals surface area contributed by atoms with Crippen molar-refractivity contribution in [1.82, 2.24) is 15.5 Å². The number of nitrogens with zero attached hydrogens (tertiary/aromatic N) is 2. The highest BCUT2D eigenvalue weighted by Gasteiger charge is 2.12. The van der Waals surface area contributed by atoms with Crippen molar-refractivity contribution in [1.29, 1.82) is 0 Å². The molecule has 0 aliphatic rings. The van der Waals surface area contributed by atoms with E-state index in [4.69, 9.17) is 11.6 Å². The van der Waals surface area contributed by atoms with Crippen LogP contribution < -0.4 is 10.6 Å². The van der Waals surface area contributed by atoms with E-state index in [2.05, 4.69) is 20.8 Å². The van der Waals surface area contributed by atoms with E-state index in [0.717, 1.165) is 4.88 Å². The van der Waals surface area contributed by atoms with E-state index < -0.39 is 0 Å². The van der Waals surface area contributed by atoms with Crippen LogP contribution in [0.3, 0.4) is 0 Å². The Hall–Kier alpha value is -1.18. The van der Waals surface area contributed by atoms with Crippen LogP contribution in [0.15, 0.2) is 12.1 Å². The average Bonchev–Trinajstić information content (AvgIpc) is 2.94. The van der Waals surface area contributed by atoms with Gasteiger partial charge in [-0.2, -0.15) is 0 Å². The molecule has 1 amide bonds. The number of hydrogen-bond acceptors (Lipinski definition) is 6. The van der Waals surface area contributed by atoms with E-state index >= 15 is 0 Å². The van der Waals surface area contributed by atoms with E-state index in [1.807, 2.05) is 6.07 Å². The predicted molar refractivity (Wildman–Crippen MR) is 70.0 cm³/mol. The van der Waals surface area contributed by atoms with Crippen molar-refractivity contribution in [2.45, 2.75) is 6.54 Å². The first kappa shape index (κ1) is 12.3. The third-order valence-electron chi connectivity index (χ3n) is 1.89. The zero-order chi connectivity index (χ0) is 12.3. The lowest BCUT2D eigenvalue weighted by atomic mass is 10.4. The van der Waals surface area contributed by atoms with Crippen LogP contribution in [-0.2, 0) is 6.54 Å². The standard InChI is InChI=1S/C9H9ClN4OS2/c1-11-9-14-13-8(17-9)7(15)12-4-5-2-3-6(10)16-5/h2-3H,4H2,1H3,(H,11,14)(H,12,15). The van der Waals surface area contributed by atoms with Crippen LogP contribution in [0.2, 0.25) is 4.34 Å². The minimum absolute atomic E-state index is 0.228. The van der Waals surface area contributed by atoms with Crippen LogP contribution >= 0.6 is 34.3 Å². The first-order valence-corrected chi connectivity index (χ1v) is 6.74. The molecule has 0 saturated carbocycles. The highest BCUT2D eigenvalue weighted by molar-refractivity contribution is 7.17. The van der Waals surface area contributed by atoms with Gasteiger partial charge in [0, 0.05) is 11.9 Å². The van der Waals surface area contributed by atoms with Crippen molar-refractivity contribution in [2.24, 2.45) is 0 Å². The normalized spacial score (nSPS) is 10.2. The first-order valence-electron chi connectivity index (χ1n) is 4.72. The van der Waals surface area contributed by atoms with Gasteiger partial charge in [0.1, 0.15) is 0 Å². The fourth-order valence-corrected chi connectivity index (χ4v) is 2.75. The van der Waals surface area contributed by atoms with E-state index in [9.17, 15) is 4.79 Å². The van der Waals surface area contributed by atoms with Crippen LogP contribution in [0.4, 0.5) is 5.13 Å². The van der Waals surface area contributed by atoms with Crippen LogP contribution in [-0.4, -0.2) is 23.2 Å². The van der Waals surface area contributed by atoms with Crippen LogP contribution in [0, 0.1) is 0 Å². The van der Waals surface area contributed by atoms with Crippen molar-refractivity contribution in [3.63, 3.8) is 0 Å². The fraction of sp³-hybridized carbons (Fsp3) is 0.222. The summed E-state index contributed by atoms with van der Waals surface area (Å²) in [6, 6.07) is 3.68. The van der Waals surface area contributed by atoms with Gasteiger partial charge in [0.25, 0.3) is 5.91 Å². The molecule has 0 unspecified atom stereocenters. The van der Waals surface area contributed by atoms with Gasteiger partial charge < -0.3 is 10.6 Å². The van der Waals surface area contributed by atoms with Crippen LogP contribution in [0.5, 0.6) is 0 Å². The number of hydrogen-bond donors (Lipinski definition) is 2. The minimum atomic E-state index is -0.228. The Kier molecular flexibility index (Phi) is 3.93. The molecule has 0 aromatic carbocycles. The maximum absolute atomic E-state index is 11.7. The molecule has 90 valence electrons. The average molecular weight is 289 g/mol. The van der Waals surface area contributed by atoms with Gasteiger partial charge in [-0.25, -0.2) is 0 Å². The summed E-state index contributed by atoms with van der Waals surface area (Å²) in [6.45, 7) is 0.449. The highest BCUT2D eigenvalue weighted by atomic mass is 35.5. The molecule has 2 heterocycles. The van der Waals surface area contributed by atoms with Crippen molar-refractivity contribution >= 4 is 45.3 Å². The number of carbonyl (C=O) groups excluding carboxylic acids is 1. The monoisotopic (exact) mass is 288 g/mol. The SMILES string of the molecule is CNc1nnc(C(=O)NCc2ccc(Cl)s2)s1. The number of anilines is 1. The molecule has 8 heteroatoms. The zero-order valence-electron chi connectivity index (χ0n) is 8.86. The van der Waals surface area contributed by atoms with Crippen LogP contribution in [0.1, 0.15) is 14.7 Å². The largest absolute Gasteiger partial charge is 0.363 e. The Bertz CT molecular complexity index is 525. The lowest BCUT2D eigenvalue weighted by molar-refractivity contribution is 0.0950. The van der Waals surface area contributed by atoms with Crippen molar-refractivity contribution < 1.29 is 4.79 Å². The Morgan fingerprint density at radius 2 is 2.24 bits per heavy atom. The molecule has 2 aromatic rings. The second-order valence-corrected chi connectivity index (χ2v) is 5.83. The zero-order valence-corrected chi connectivity index (χ0v) is 11.2. The summed E-state index contributed by atoms with van der Waals surface area (Å²) in [5.74, 6) is -0.228. The number of carbonyl (C=O) groups is 1. The highest BCUT2D eigenvalue weighted by Crippen LogP contribution is 2.21. The van der Waals surface area contributed by atoms with E-state index in [1.165, 1.54) is 22.7 Å². The van der Waals surface area contributed by atoms with Gasteiger partial charge >= 0.3 is 0 Å². The van der Waals surface area contributed by atoms with E-state index in [0.29, 0.717) is 21.0 Å². The molecule has 0 fully saturated rings. The van der Waals surface area contributed by atoms with Crippen LogP contribution in [0.25, 0.3) is 0 Å². The summed E-state index contributed by atoms with van der Waals surface area (Å²) in [6.07, 6.45) is 0. The number of amides is 1. The van der Waals surface area contributed by atoms with Gasteiger partial charge in [-0.3, -0.25) is 4.79 Å². The molecule has 0 radical (unpaired) electrons. The summed E-state index contributed by atoms with van der Waals surface area (Å²) >= 11 is 8.45. The Labute approximate surface area is 111 Å². The van der Waals surface area contributed by atoms with Crippen molar-refractivity contribution in [3.8, 4) is 0 Å². The third-order valence-corrected chi connectivity index (χ3v) is 4.06. The third kappa shape index (κ3) is 3.15. The molecule has 0 bridgehead atoms. The van der Waals surface area contributed by atoms with E-state index in [1.54, 1.807) is 13.1 Å². The molecule has 0 atom stereocenters. The van der Waals surface area contributed by atoms with Crippen molar-refractivity contribution in [3.05, 3.63) is 26.4 Å². The minimum Gasteiger partial charge on any atom is -0.363 e. The molecule has 2 rings (SSSR count). The second-order valence-electron chi connectivity index (χ2n) is 3.05. The maximum Gasteiger partial charge on any atom is 0.282 e. The molecule has 2 N–H and O–H groups in total. The number of nitrogens with one attached hydrogen (secondary N) is 2. The Balaban J connectivity index is 1.93. The summed E-state index contributed by atoms with van der Waals surface area (Å²) in [5, 5.41) is 14.1. The van der Waals surface area contributed by atoms with Gasteiger partial charge in [-0.05, 0) is 12.1 Å². The van der Waals surface area contributed by atoms with Crippen molar-refractivity contribution in [2.75, 3.05) is 12.4 Å². The predicted octanol–water partition coefficient (Wildman–Crippen LogP) is 2.22. The first-order chi connectivity index (χ1) is 8.19. The molecule has 17 heavy (non-hydrogen) atoms. The molecular weight excluding hydrogens is 280 g/mol. The summed E-state index contributed by atoms with van der Waals surface area (Å²) in [5.41, 5.74) is 0. The lowest BCUT2D eigenvalue weighted by Crippen LogP contribution is -2.22. The Morgan fingerprint density at radius 3 is 2.82 bits per heavy atom. The quantitative estimate of drug-likeness (QED) is 0.905. The van der Waals surface area contributed by atoms with Gasteiger partial charge in [-0.1, -0.05) is 22.9 Å². The van der Waals surface area contributed by atoms with Gasteiger partial charge in [0.05, 0.1) is 10.9 Å². The number of thiophene rings is 1. The van der Waals surface area contributed by atoms with Gasteiger partial charge in [0.2, 0.25) is 10.1 Å². The molecule has 2 aromatic heterocycles. The summed E-state index contributed by atoms with van der Waals surface area (Å²) in [4.78, 5) is 12.7. The number of halogens is 1. The number of aromatic nitrogens is 2. The topological polar surface area (TPSA) is 66.9 Å². The van der Waals surface area contributed by atoms with E-state index in [-0.39, 0.29) is 5.91 Å². The molecule has 5 nitrogen and oxygen atoms in total. The summed E-state index contributed by atoms with van der Waals surface area (Å²) in [7, 11) is 1.73. The molecule has 0 saturated heterocycles. The van der Waals surface area contributed by atoms with Gasteiger partial charge in [-0.15, -0.1) is 21.5 Å². The second kappa shape index (κ2) is 5.44.